The van der Waals surface area contributed by atoms with Crippen molar-refractivity contribution in [2.24, 2.45) is 0 Å². The second-order valence-electron chi connectivity index (χ2n) is 3.56. The molecule has 0 spiro atoms. The van der Waals surface area contributed by atoms with Gasteiger partial charge in [-0.2, -0.15) is 0 Å². The predicted molar refractivity (Wildman–Crippen MR) is 67.6 cm³/mol. The maximum absolute atomic E-state index is 10.9. The molecule has 0 N–H and O–H groups in total. The Morgan fingerprint density at radius 1 is 1.33 bits per heavy atom. The molecule has 0 saturated heterocycles. The van der Waals surface area contributed by atoms with Crippen molar-refractivity contribution in [3.05, 3.63) is 50.9 Å². The Labute approximate surface area is 107 Å². The summed E-state index contributed by atoms with van der Waals surface area (Å²) in [6.45, 7) is 1.73. The van der Waals surface area contributed by atoms with Gasteiger partial charge in [-0.25, -0.2) is 0 Å². The van der Waals surface area contributed by atoms with Gasteiger partial charge in [-0.3, -0.25) is 14.9 Å². The lowest BCUT2D eigenvalue weighted by molar-refractivity contribution is -0.385. The number of ether oxygens (including phenoxy) is 1. The average molecular weight is 263 g/mol. The van der Waals surface area contributed by atoms with Gasteiger partial charge in [0.2, 0.25) is 5.75 Å². The number of nitro groups is 1. The molecule has 92 valence electrons. The molecule has 0 aliphatic heterocycles. The molecule has 5 nitrogen and oxygen atoms in total. The molecular weight excluding hydrogens is 254 g/mol. The summed E-state index contributed by atoms with van der Waals surface area (Å²) < 4.78 is 5.50. The van der Waals surface area contributed by atoms with Gasteiger partial charge in [-0.15, -0.1) is 0 Å². The summed E-state index contributed by atoms with van der Waals surface area (Å²) in [7, 11) is 0. The van der Waals surface area contributed by atoms with Gasteiger partial charge in [0.05, 0.1) is 9.80 Å². The molecule has 0 amide bonds. The van der Waals surface area contributed by atoms with Crippen molar-refractivity contribution in [3.63, 3.8) is 0 Å². The van der Waals surface area contributed by atoms with E-state index in [9.17, 15) is 14.9 Å². The summed E-state index contributed by atoms with van der Waals surface area (Å²) in [5.41, 5.74) is 0.585. The zero-order valence-corrected chi connectivity index (χ0v) is 10.3. The van der Waals surface area contributed by atoms with Crippen LogP contribution in [0.5, 0.6) is 10.8 Å². The molecular formula is C12H9NO4S. The van der Waals surface area contributed by atoms with Crippen molar-refractivity contribution in [3.8, 4) is 10.8 Å². The molecule has 1 aromatic heterocycles. The minimum Gasteiger partial charge on any atom is -0.439 e. The molecule has 2 aromatic rings. The molecule has 0 fully saturated rings. The van der Waals surface area contributed by atoms with Crippen LogP contribution in [0.1, 0.15) is 15.2 Å². The first kappa shape index (κ1) is 12.3. The van der Waals surface area contributed by atoms with Gasteiger partial charge in [-0.05, 0) is 24.6 Å². The molecule has 1 aromatic carbocycles. The van der Waals surface area contributed by atoms with Crippen LogP contribution in [0, 0.1) is 17.0 Å². The van der Waals surface area contributed by atoms with Crippen LogP contribution in [0.3, 0.4) is 0 Å². The molecule has 0 bridgehead atoms. The Bertz CT molecular complexity index is 606. The number of aldehydes is 1. The van der Waals surface area contributed by atoms with E-state index >= 15 is 0 Å². The van der Waals surface area contributed by atoms with Gasteiger partial charge < -0.3 is 4.74 Å². The highest BCUT2D eigenvalue weighted by atomic mass is 32.1. The largest absolute Gasteiger partial charge is 0.439 e. The van der Waals surface area contributed by atoms with Gasteiger partial charge in [0.1, 0.15) is 0 Å². The number of carbonyl (C=O) groups is 1. The van der Waals surface area contributed by atoms with Crippen LogP contribution in [0.4, 0.5) is 5.69 Å². The van der Waals surface area contributed by atoms with E-state index in [4.69, 9.17) is 4.74 Å². The van der Waals surface area contributed by atoms with Crippen molar-refractivity contribution in [2.75, 3.05) is 0 Å². The number of hydrogen-bond donors (Lipinski definition) is 0. The second kappa shape index (κ2) is 4.97. The van der Waals surface area contributed by atoms with Gasteiger partial charge >= 0.3 is 5.69 Å². The number of nitrogens with zero attached hydrogens (tertiary/aromatic N) is 1. The van der Waals surface area contributed by atoms with E-state index in [0.717, 1.165) is 11.3 Å². The lowest BCUT2D eigenvalue weighted by Gasteiger charge is -2.06. The van der Waals surface area contributed by atoms with E-state index in [2.05, 4.69) is 0 Å². The number of para-hydroxylation sites is 1. The first-order chi connectivity index (χ1) is 8.61. The van der Waals surface area contributed by atoms with E-state index in [1.165, 1.54) is 6.07 Å². The van der Waals surface area contributed by atoms with Crippen LogP contribution in [-0.4, -0.2) is 11.2 Å². The number of carbonyl (C=O) groups excluding carboxylic acids is 1. The number of aryl methyl sites for hydroxylation is 1. The highest BCUT2D eigenvalue weighted by molar-refractivity contribution is 7.15. The molecule has 6 heteroatoms. The quantitative estimate of drug-likeness (QED) is 0.480. The normalized spacial score (nSPS) is 10.1. The molecule has 18 heavy (non-hydrogen) atoms. The molecule has 0 unspecified atom stereocenters. The van der Waals surface area contributed by atoms with E-state index in [-0.39, 0.29) is 11.4 Å². The smallest absolute Gasteiger partial charge is 0.311 e. The third-order valence-electron chi connectivity index (χ3n) is 2.31. The first-order valence-corrected chi connectivity index (χ1v) is 5.90. The molecule has 2 rings (SSSR count). The number of rotatable bonds is 4. The highest BCUT2D eigenvalue weighted by Gasteiger charge is 2.18. The molecule has 1 heterocycles. The Morgan fingerprint density at radius 3 is 2.72 bits per heavy atom. The van der Waals surface area contributed by atoms with Crippen molar-refractivity contribution in [2.45, 2.75) is 6.92 Å². The summed E-state index contributed by atoms with van der Waals surface area (Å²) in [5, 5.41) is 11.4. The fourth-order valence-corrected chi connectivity index (χ4v) is 2.14. The van der Waals surface area contributed by atoms with Gasteiger partial charge in [0, 0.05) is 6.07 Å². The van der Waals surface area contributed by atoms with Crippen LogP contribution in [0.25, 0.3) is 0 Å². The molecule has 0 saturated carbocycles. The van der Waals surface area contributed by atoms with E-state index < -0.39 is 4.92 Å². The lowest BCUT2D eigenvalue weighted by atomic mass is 10.2. The number of nitro benzene ring substituents is 1. The average Bonchev–Trinajstić information content (AvgIpc) is 2.79. The Morgan fingerprint density at radius 2 is 2.11 bits per heavy atom. The summed E-state index contributed by atoms with van der Waals surface area (Å²) in [6.07, 6.45) is 0.712. The van der Waals surface area contributed by atoms with E-state index in [1.807, 2.05) is 0 Å². The Hall–Kier alpha value is -2.21. The minimum absolute atomic E-state index is 0.0870. The van der Waals surface area contributed by atoms with Crippen LogP contribution >= 0.6 is 11.3 Å². The Balaban J connectivity index is 2.38. The fraction of sp³-hybridized carbons (Fsp3) is 0.0833. The van der Waals surface area contributed by atoms with Crippen LogP contribution in [0.15, 0.2) is 30.3 Å². The lowest BCUT2D eigenvalue weighted by Crippen LogP contribution is -1.94. The molecule has 0 radical (unpaired) electrons. The summed E-state index contributed by atoms with van der Waals surface area (Å²) in [6, 6.07) is 7.94. The van der Waals surface area contributed by atoms with Crippen molar-refractivity contribution >= 4 is 23.3 Å². The van der Waals surface area contributed by atoms with Crippen LogP contribution in [-0.2, 0) is 0 Å². The maximum Gasteiger partial charge on any atom is 0.311 e. The highest BCUT2D eigenvalue weighted by Crippen LogP contribution is 2.36. The zero-order valence-electron chi connectivity index (χ0n) is 9.45. The van der Waals surface area contributed by atoms with Crippen molar-refractivity contribution in [1.29, 1.82) is 0 Å². The van der Waals surface area contributed by atoms with E-state index in [0.29, 0.717) is 21.8 Å². The monoisotopic (exact) mass is 263 g/mol. The van der Waals surface area contributed by atoms with Crippen LogP contribution < -0.4 is 4.74 Å². The predicted octanol–water partition coefficient (Wildman–Crippen LogP) is 3.57. The number of benzene rings is 1. The van der Waals surface area contributed by atoms with Gasteiger partial charge in [0.15, 0.2) is 11.3 Å². The molecule has 0 aliphatic carbocycles. The third kappa shape index (κ3) is 2.38. The standard InChI is InChI=1S/C12H9NO4S/c1-8-3-2-4-10(13(15)16)12(8)17-11-6-5-9(7-14)18-11/h2-7H,1H3. The second-order valence-corrected chi connectivity index (χ2v) is 4.63. The Kier molecular flexibility index (Phi) is 3.38. The first-order valence-electron chi connectivity index (χ1n) is 5.08. The topological polar surface area (TPSA) is 69.4 Å². The SMILES string of the molecule is Cc1cccc([N+](=O)[O-])c1Oc1ccc(C=O)s1. The summed E-state index contributed by atoms with van der Waals surface area (Å²) >= 11 is 1.14. The third-order valence-corrected chi connectivity index (χ3v) is 3.20. The fourth-order valence-electron chi connectivity index (χ4n) is 1.47. The van der Waals surface area contributed by atoms with Gasteiger partial charge in [0.25, 0.3) is 0 Å². The summed E-state index contributed by atoms with van der Waals surface area (Å²) in [5.74, 6) is 0.210. The molecule has 0 atom stereocenters. The zero-order chi connectivity index (χ0) is 13.1. The maximum atomic E-state index is 10.9. The van der Waals surface area contributed by atoms with Crippen LogP contribution in [0.2, 0.25) is 0 Å². The van der Waals surface area contributed by atoms with Crippen molar-refractivity contribution < 1.29 is 14.5 Å². The number of thiophene rings is 1. The minimum atomic E-state index is -0.490. The number of hydrogen-bond acceptors (Lipinski definition) is 5. The summed E-state index contributed by atoms with van der Waals surface area (Å²) in [4.78, 5) is 21.5. The molecule has 0 aliphatic rings. The van der Waals surface area contributed by atoms with E-state index in [1.54, 1.807) is 31.2 Å². The van der Waals surface area contributed by atoms with Crippen molar-refractivity contribution in [1.82, 2.24) is 0 Å². The van der Waals surface area contributed by atoms with Gasteiger partial charge in [-0.1, -0.05) is 23.5 Å².